The number of amides is 1. The van der Waals surface area contributed by atoms with Crippen LogP contribution in [0.15, 0.2) is 18.3 Å². The lowest BCUT2D eigenvalue weighted by molar-refractivity contribution is 0.1000. The van der Waals surface area contributed by atoms with Crippen molar-refractivity contribution in [1.82, 2.24) is 10.3 Å². The van der Waals surface area contributed by atoms with Crippen LogP contribution in [-0.4, -0.2) is 50.3 Å². The second kappa shape index (κ2) is 7.95. The van der Waals surface area contributed by atoms with E-state index < -0.39 is 5.91 Å². The molecule has 1 saturated heterocycles. The molecule has 0 saturated carbocycles. The molecule has 2 rings (SSSR count). The third-order valence-electron chi connectivity index (χ3n) is 3.81. The van der Waals surface area contributed by atoms with Crippen molar-refractivity contribution in [2.24, 2.45) is 5.73 Å². The minimum Gasteiger partial charge on any atom is -0.383 e. The van der Waals surface area contributed by atoms with Crippen LogP contribution in [0.2, 0.25) is 0 Å². The van der Waals surface area contributed by atoms with Crippen LogP contribution >= 0.6 is 0 Å². The number of carbonyl (C=O) groups excluding carboxylic acids is 1. The summed E-state index contributed by atoms with van der Waals surface area (Å²) < 4.78 is 5.04. The van der Waals surface area contributed by atoms with Crippen molar-refractivity contribution in [3.05, 3.63) is 23.9 Å². The Kier molecular flexibility index (Phi) is 5.95. The van der Waals surface area contributed by atoms with E-state index in [2.05, 4.69) is 15.2 Å². The van der Waals surface area contributed by atoms with Gasteiger partial charge in [-0.05, 0) is 31.4 Å². The van der Waals surface area contributed by atoms with Crippen LogP contribution < -0.4 is 16.0 Å². The van der Waals surface area contributed by atoms with Gasteiger partial charge in [0.15, 0.2) is 0 Å². The van der Waals surface area contributed by atoms with Gasteiger partial charge in [0.2, 0.25) is 0 Å². The van der Waals surface area contributed by atoms with Gasteiger partial charge in [0, 0.05) is 39.0 Å². The van der Waals surface area contributed by atoms with Crippen LogP contribution in [0.4, 0.5) is 5.82 Å². The van der Waals surface area contributed by atoms with Crippen LogP contribution in [0, 0.1) is 0 Å². The van der Waals surface area contributed by atoms with Crippen LogP contribution in [0.1, 0.15) is 29.6 Å². The third kappa shape index (κ3) is 4.15. The van der Waals surface area contributed by atoms with Crippen molar-refractivity contribution in [2.75, 3.05) is 38.3 Å². The van der Waals surface area contributed by atoms with Gasteiger partial charge in [0.1, 0.15) is 5.82 Å². The van der Waals surface area contributed by atoms with Gasteiger partial charge in [0.05, 0.1) is 12.2 Å². The minimum atomic E-state index is -0.422. The molecule has 1 aromatic rings. The van der Waals surface area contributed by atoms with Gasteiger partial charge in [-0.1, -0.05) is 0 Å². The zero-order valence-electron chi connectivity index (χ0n) is 12.5. The molecular formula is C15H24N4O2. The van der Waals surface area contributed by atoms with E-state index in [1.807, 2.05) is 0 Å². The fourth-order valence-electron chi connectivity index (χ4n) is 2.75. The predicted molar refractivity (Wildman–Crippen MR) is 82.5 cm³/mol. The molecule has 1 atom stereocenters. The summed E-state index contributed by atoms with van der Waals surface area (Å²) in [5, 5.41) is 3.39. The predicted octanol–water partition coefficient (Wildman–Crippen LogP) is 0.775. The summed E-state index contributed by atoms with van der Waals surface area (Å²) in [5.41, 5.74) is 5.97. The topological polar surface area (TPSA) is 80.5 Å². The number of hydrogen-bond donors (Lipinski definition) is 2. The molecule has 0 aromatic carbocycles. The molecule has 6 nitrogen and oxygen atoms in total. The molecule has 1 amide bonds. The zero-order chi connectivity index (χ0) is 15.1. The van der Waals surface area contributed by atoms with E-state index in [0.717, 1.165) is 32.5 Å². The van der Waals surface area contributed by atoms with E-state index >= 15 is 0 Å². The number of anilines is 1. The molecule has 2 heterocycles. The SMILES string of the molecule is COCCNCC1CCCCN1c1ncccc1C(N)=O. The van der Waals surface area contributed by atoms with Crippen LogP contribution in [-0.2, 0) is 4.74 Å². The highest BCUT2D eigenvalue weighted by atomic mass is 16.5. The highest BCUT2D eigenvalue weighted by molar-refractivity contribution is 5.97. The van der Waals surface area contributed by atoms with Crippen LogP contribution in [0.3, 0.4) is 0 Å². The average molecular weight is 292 g/mol. The Labute approximate surface area is 125 Å². The first-order valence-electron chi connectivity index (χ1n) is 7.45. The lowest BCUT2D eigenvalue weighted by atomic mass is 10.0. The Morgan fingerprint density at radius 3 is 3.19 bits per heavy atom. The number of pyridine rings is 1. The normalized spacial score (nSPS) is 18.7. The van der Waals surface area contributed by atoms with Crippen molar-refractivity contribution in [1.29, 1.82) is 0 Å². The summed E-state index contributed by atoms with van der Waals surface area (Å²) >= 11 is 0. The maximum absolute atomic E-state index is 11.6. The Morgan fingerprint density at radius 2 is 2.43 bits per heavy atom. The van der Waals surface area contributed by atoms with Gasteiger partial charge in [-0.3, -0.25) is 4.79 Å². The van der Waals surface area contributed by atoms with Crippen molar-refractivity contribution >= 4 is 11.7 Å². The summed E-state index contributed by atoms with van der Waals surface area (Å²) in [6.07, 6.45) is 5.12. The number of nitrogens with zero attached hydrogens (tertiary/aromatic N) is 2. The molecule has 0 bridgehead atoms. The third-order valence-corrected chi connectivity index (χ3v) is 3.81. The number of hydrogen-bond acceptors (Lipinski definition) is 5. The van der Waals surface area contributed by atoms with Gasteiger partial charge in [-0.2, -0.15) is 0 Å². The van der Waals surface area contributed by atoms with E-state index in [9.17, 15) is 4.79 Å². The standard InChI is InChI=1S/C15H24N4O2/c1-21-10-8-17-11-12-5-2-3-9-19(12)15-13(14(16)20)6-4-7-18-15/h4,6-7,12,17H,2-3,5,8-11H2,1H3,(H2,16,20). The number of nitrogens with one attached hydrogen (secondary N) is 1. The van der Waals surface area contributed by atoms with Crippen molar-refractivity contribution < 1.29 is 9.53 Å². The van der Waals surface area contributed by atoms with Gasteiger partial charge in [0.25, 0.3) is 5.91 Å². The minimum absolute atomic E-state index is 0.337. The molecule has 1 aromatic heterocycles. The second-order valence-electron chi connectivity index (χ2n) is 5.28. The number of carbonyl (C=O) groups is 1. The van der Waals surface area contributed by atoms with Gasteiger partial charge >= 0.3 is 0 Å². The first kappa shape index (κ1) is 15.7. The van der Waals surface area contributed by atoms with Gasteiger partial charge in [-0.25, -0.2) is 4.98 Å². The Hall–Kier alpha value is -1.66. The summed E-state index contributed by atoms with van der Waals surface area (Å²) in [7, 11) is 1.70. The maximum Gasteiger partial charge on any atom is 0.252 e. The number of nitrogens with two attached hydrogens (primary N) is 1. The van der Waals surface area contributed by atoms with E-state index in [1.165, 1.54) is 6.42 Å². The largest absolute Gasteiger partial charge is 0.383 e. The molecule has 1 aliphatic heterocycles. The van der Waals surface area contributed by atoms with Gasteiger partial charge < -0.3 is 20.7 Å². The monoisotopic (exact) mass is 292 g/mol. The Balaban J connectivity index is 2.09. The molecule has 1 aliphatic rings. The fraction of sp³-hybridized carbons (Fsp3) is 0.600. The van der Waals surface area contributed by atoms with Crippen molar-refractivity contribution in [3.63, 3.8) is 0 Å². The zero-order valence-corrected chi connectivity index (χ0v) is 12.5. The van der Waals surface area contributed by atoms with Crippen LogP contribution in [0.5, 0.6) is 0 Å². The molecule has 0 radical (unpaired) electrons. The summed E-state index contributed by atoms with van der Waals surface area (Å²) in [4.78, 5) is 18.2. The fourth-order valence-corrected chi connectivity index (χ4v) is 2.75. The molecule has 21 heavy (non-hydrogen) atoms. The number of piperidine rings is 1. The quantitative estimate of drug-likeness (QED) is 0.726. The van der Waals surface area contributed by atoms with Crippen molar-refractivity contribution in [3.8, 4) is 0 Å². The molecule has 1 unspecified atom stereocenters. The number of methoxy groups -OCH3 is 1. The average Bonchev–Trinajstić information content (AvgIpc) is 2.52. The Morgan fingerprint density at radius 1 is 1.57 bits per heavy atom. The van der Waals surface area contributed by atoms with E-state index in [-0.39, 0.29) is 0 Å². The molecule has 0 aliphatic carbocycles. The Bertz CT molecular complexity index is 467. The van der Waals surface area contributed by atoms with Gasteiger partial charge in [-0.15, -0.1) is 0 Å². The van der Waals surface area contributed by atoms with Crippen molar-refractivity contribution in [2.45, 2.75) is 25.3 Å². The maximum atomic E-state index is 11.6. The number of rotatable bonds is 7. The molecule has 3 N–H and O–H groups in total. The molecular weight excluding hydrogens is 268 g/mol. The van der Waals surface area contributed by atoms with Crippen LogP contribution in [0.25, 0.3) is 0 Å². The first-order valence-corrected chi connectivity index (χ1v) is 7.45. The molecule has 1 fully saturated rings. The smallest absolute Gasteiger partial charge is 0.252 e. The lowest BCUT2D eigenvalue weighted by Crippen LogP contribution is -2.47. The van der Waals surface area contributed by atoms with E-state index in [4.69, 9.17) is 10.5 Å². The molecule has 116 valence electrons. The lowest BCUT2D eigenvalue weighted by Gasteiger charge is -2.37. The van der Waals surface area contributed by atoms with E-state index in [0.29, 0.717) is 24.0 Å². The first-order chi connectivity index (χ1) is 10.2. The van der Waals surface area contributed by atoms with E-state index in [1.54, 1.807) is 25.4 Å². The highest BCUT2D eigenvalue weighted by Crippen LogP contribution is 2.25. The number of aromatic nitrogens is 1. The molecule has 0 spiro atoms. The summed E-state index contributed by atoms with van der Waals surface area (Å²) in [6, 6.07) is 3.83. The highest BCUT2D eigenvalue weighted by Gasteiger charge is 2.26. The summed E-state index contributed by atoms with van der Waals surface area (Å²) in [5.74, 6) is 0.290. The number of primary amides is 1. The number of ether oxygens (including phenoxy) is 1. The molecule has 6 heteroatoms. The summed E-state index contributed by atoms with van der Waals surface area (Å²) in [6.45, 7) is 3.29. The second-order valence-corrected chi connectivity index (χ2v) is 5.28.